The number of aromatic hydroxyl groups is 1. The molecule has 0 amide bonds. The normalized spacial score (nSPS) is 21.9. The lowest BCUT2D eigenvalue weighted by atomic mass is 10.1. The average Bonchev–Trinajstić information content (AvgIpc) is 3.27. The van der Waals surface area contributed by atoms with Crippen molar-refractivity contribution in [1.82, 2.24) is 15.1 Å². The van der Waals surface area contributed by atoms with Gasteiger partial charge in [-0.25, -0.2) is 0 Å². The first-order valence-electron chi connectivity index (χ1n) is 9.78. The Morgan fingerprint density at radius 2 is 2.12 bits per heavy atom. The molecule has 138 valence electrons. The van der Waals surface area contributed by atoms with Gasteiger partial charge in [-0.05, 0) is 69.3 Å². The van der Waals surface area contributed by atoms with Crippen molar-refractivity contribution in [2.75, 3.05) is 45.8 Å². The predicted octanol–water partition coefficient (Wildman–Crippen LogP) is 2.32. The van der Waals surface area contributed by atoms with Crippen LogP contribution in [0, 0.1) is 5.92 Å². The van der Waals surface area contributed by atoms with E-state index in [0.29, 0.717) is 5.75 Å². The topological polar surface area (TPSA) is 51.1 Å². The fourth-order valence-corrected chi connectivity index (χ4v) is 3.93. The number of rotatable bonds is 6. The number of phenols is 1. The molecule has 3 rings (SSSR count). The number of phenolic OH excluding ortho intramolecular Hbond substituents is 1. The third-order valence-corrected chi connectivity index (χ3v) is 5.21. The molecule has 1 unspecified atom stereocenters. The van der Waals surface area contributed by atoms with Crippen LogP contribution in [0.25, 0.3) is 0 Å². The molecule has 0 saturated carbocycles. The van der Waals surface area contributed by atoms with Crippen LogP contribution >= 0.6 is 0 Å². The molecule has 1 aromatic carbocycles. The van der Waals surface area contributed by atoms with E-state index in [0.717, 1.165) is 50.0 Å². The quantitative estimate of drug-likeness (QED) is 0.614. The molecule has 0 radical (unpaired) electrons. The van der Waals surface area contributed by atoms with E-state index < -0.39 is 0 Å². The smallest absolute Gasteiger partial charge is 0.193 e. The Labute approximate surface area is 151 Å². The Kier molecular flexibility index (Phi) is 6.56. The van der Waals surface area contributed by atoms with E-state index in [1.54, 1.807) is 6.07 Å². The predicted molar refractivity (Wildman–Crippen MR) is 103 cm³/mol. The lowest BCUT2D eigenvalue weighted by Crippen LogP contribution is -2.41. The van der Waals surface area contributed by atoms with Crippen molar-refractivity contribution >= 4 is 5.96 Å². The van der Waals surface area contributed by atoms with E-state index >= 15 is 0 Å². The van der Waals surface area contributed by atoms with Crippen molar-refractivity contribution in [2.24, 2.45) is 10.9 Å². The summed E-state index contributed by atoms with van der Waals surface area (Å²) in [5.74, 6) is 2.15. The van der Waals surface area contributed by atoms with Gasteiger partial charge in [0.05, 0.1) is 0 Å². The van der Waals surface area contributed by atoms with Gasteiger partial charge >= 0.3 is 0 Å². The Morgan fingerprint density at radius 3 is 2.88 bits per heavy atom. The summed E-state index contributed by atoms with van der Waals surface area (Å²) in [6.07, 6.45) is 4.87. The van der Waals surface area contributed by atoms with Crippen molar-refractivity contribution in [3.63, 3.8) is 0 Å². The van der Waals surface area contributed by atoms with Crippen molar-refractivity contribution in [1.29, 1.82) is 0 Å². The minimum absolute atomic E-state index is 0.331. The lowest BCUT2D eigenvalue weighted by Gasteiger charge is -2.23. The van der Waals surface area contributed by atoms with E-state index in [1.807, 2.05) is 18.2 Å². The molecular weight excluding hydrogens is 312 g/mol. The molecule has 2 saturated heterocycles. The monoisotopic (exact) mass is 344 g/mol. The Hall–Kier alpha value is -1.75. The minimum atomic E-state index is 0.331. The number of guanidine groups is 1. The molecule has 5 nitrogen and oxygen atoms in total. The first-order valence-corrected chi connectivity index (χ1v) is 9.78. The molecule has 0 spiro atoms. The van der Waals surface area contributed by atoms with Crippen molar-refractivity contribution in [3.8, 4) is 5.75 Å². The van der Waals surface area contributed by atoms with Gasteiger partial charge < -0.3 is 20.2 Å². The summed E-state index contributed by atoms with van der Waals surface area (Å²) >= 11 is 0. The zero-order chi connectivity index (χ0) is 17.5. The molecule has 0 bridgehead atoms. The van der Waals surface area contributed by atoms with Gasteiger partial charge in [0.1, 0.15) is 5.75 Å². The highest BCUT2D eigenvalue weighted by atomic mass is 16.3. The third kappa shape index (κ3) is 5.36. The van der Waals surface area contributed by atoms with Crippen LogP contribution in [0.2, 0.25) is 0 Å². The molecule has 5 heteroatoms. The first-order chi connectivity index (χ1) is 12.2. The zero-order valence-electron chi connectivity index (χ0n) is 15.5. The third-order valence-electron chi connectivity index (χ3n) is 5.21. The van der Waals surface area contributed by atoms with Crippen molar-refractivity contribution in [2.45, 2.75) is 32.6 Å². The number of nitrogens with zero attached hydrogens (tertiary/aromatic N) is 3. The second kappa shape index (κ2) is 9.09. The van der Waals surface area contributed by atoms with E-state index in [9.17, 15) is 5.11 Å². The van der Waals surface area contributed by atoms with Gasteiger partial charge in [-0.2, -0.15) is 0 Å². The summed E-state index contributed by atoms with van der Waals surface area (Å²) in [5.41, 5.74) is 1.13. The number of hydrogen-bond donors (Lipinski definition) is 2. The van der Waals surface area contributed by atoms with E-state index in [4.69, 9.17) is 4.99 Å². The number of likely N-dealkylation sites (tertiary alicyclic amines) is 2. The van der Waals surface area contributed by atoms with Gasteiger partial charge in [0.2, 0.25) is 0 Å². The summed E-state index contributed by atoms with van der Waals surface area (Å²) in [6.45, 7) is 9.83. The van der Waals surface area contributed by atoms with Crippen molar-refractivity contribution < 1.29 is 5.11 Å². The Bertz CT molecular complexity index is 569. The molecule has 1 atom stereocenters. The standard InChI is InChI=1S/C20H32N4O/c1-2-21-20(22-10-8-17-6-5-7-19(25)14-17)24-13-9-18(16-24)15-23-11-3-4-12-23/h5-7,14,18,25H,2-4,8-13,15-16H2,1H3,(H,21,22). The highest BCUT2D eigenvalue weighted by Crippen LogP contribution is 2.20. The van der Waals surface area contributed by atoms with Crippen LogP contribution in [-0.4, -0.2) is 66.7 Å². The summed E-state index contributed by atoms with van der Waals surface area (Å²) in [4.78, 5) is 9.87. The number of aliphatic imine (C=N–C) groups is 1. The Morgan fingerprint density at radius 1 is 1.28 bits per heavy atom. The molecule has 1 aromatic rings. The van der Waals surface area contributed by atoms with Gasteiger partial charge in [-0.3, -0.25) is 4.99 Å². The second-order valence-corrected chi connectivity index (χ2v) is 7.26. The van der Waals surface area contributed by atoms with Gasteiger partial charge in [0, 0.05) is 32.7 Å². The van der Waals surface area contributed by atoms with Gasteiger partial charge in [-0.15, -0.1) is 0 Å². The molecule has 2 fully saturated rings. The maximum atomic E-state index is 9.56. The Balaban J connectivity index is 1.51. The van der Waals surface area contributed by atoms with Crippen LogP contribution in [-0.2, 0) is 6.42 Å². The maximum Gasteiger partial charge on any atom is 0.193 e. The summed E-state index contributed by atoms with van der Waals surface area (Å²) in [5, 5.41) is 13.0. The van der Waals surface area contributed by atoms with Crippen LogP contribution in [0.15, 0.2) is 29.3 Å². The highest BCUT2D eigenvalue weighted by molar-refractivity contribution is 5.80. The SMILES string of the molecule is CCNC(=NCCc1cccc(O)c1)N1CCC(CN2CCCC2)C1. The second-order valence-electron chi connectivity index (χ2n) is 7.26. The van der Waals surface area contributed by atoms with Crippen LogP contribution in [0.3, 0.4) is 0 Å². The van der Waals surface area contributed by atoms with Gasteiger partial charge in [0.15, 0.2) is 5.96 Å². The number of benzene rings is 1. The highest BCUT2D eigenvalue weighted by Gasteiger charge is 2.27. The molecule has 25 heavy (non-hydrogen) atoms. The molecule has 2 aliphatic rings. The van der Waals surface area contributed by atoms with E-state index in [2.05, 4.69) is 22.0 Å². The van der Waals surface area contributed by atoms with Gasteiger partial charge in [0.25, 0.3) is 0 Å². The molecular formula is C20H32N4O. The molecule has 0 aromatic heterocycles. The van der Waals surface area contributed by atoms with Crippen LogP contribution in [0.4, 0.5) is 0 Å². The summed E-state index contributed by atoms with van der Waals surface area (Å²) in [7, 11) is 0. The maximum absolute atomic E-state index is 9.56. The van der Waals surface area contributed by atoms with Crippen LogP contribution < -0.4 is 5.32 Å². The number of nitrogens with one attached hydrogen (secondary N) is 1. The molecule has 2 heterocycles. The number of hydrogen-bond acceptors (Lipinski definition) is 3. The van der Waals surface area contributed by atoms with Crippen LogP contribution in [0.1, 0.15) is 31.7 Å². The molecule has 2 aliphatic heterocycles. The van der Waals surface area contributed by atoms with Crippen LogP contribution in [0.5, 0.6) is 5.75 Å². The fourth-order valence-electron chi connectivity index (χ4n) is 3.93. The summed E-state index contributed by atoms with van der Waals surface area (Å²) in [6, 6.07) is 7.47. The molecule has 2 N–H and O–H groups in total. The van der Waals surface area contributed by atoms with Gasteiger partial charge in [-0.1, -0.05) is 12.1 Å². The average molecular weight is 345 g/mol. The largest absolute Gasteiger partial charge is 0.508 e. The zero-order valence-corrected chi connectivity index (χ0v) is 15.5. The minimum Gasteiger partial charge on any atom is -0.508 e. The van der Waals surface area contributed by atoms with E-state index in [-0.39, 0.29) is 0 Å². The van der Waals surface area contributed by atoms with E-state index in [1.165, 1.54) is 38.9 Å². The van der Waals surface area contributed by atoms with Crippen molar-refractivity contribution in [3.05, 3.63) is 29.8 Å². The molecule has 0 aliphatic carbocycles. The first kappa shape index (κ1) is 18.1. The fraction of sp³-hybridized carbons (Fsp3) is 0.650. The lowest BCUT2D eigenvalue weighted by molar-refractivity contribution is 0.281. The summed E-state index contributed by atoms with van der Waals surface area (Å²) < 4.78 is 0.